The molecule has 2 atom stereocenters. The van der Waals surface area contributed by atoms with Gasteiger partial charge in [-0.25, -0.2) is 0 Å². The lowest BCUT2D eigenvalue weighted by Crippen LogP contribution is -2.44. The Morgan fingerprint density at radius 2 is 1.65 bits per heavy atom. The molecular weight excluding hydrogens is 504 g/mol. The molecule has 3 aromatic rings. The summed E-state index contributed by atoms with van der Waals surface area (Å²) in [7, 11) is 4.98. The lowest BCUT2D eigenvalue weighted by molar-refractivity contribution is -0.123. The predicted molar refractivity (Wildman–Crippen MR) is 156 cm³/mol. The van der Waals surface area contributed by atoms with Crippen LogP contribution in [0.4, 0.5) is 0 Å². The van der Waals surface area contributed by atoms with Gasteiger partial charge in [-0.3, -0.25) is 9.69 Å². The number of nitrogens with zero attached hydrogens (tertiary/aromatic N) is 1. The molecule has 1 aliphatic heterocycles. The number of ether oxygens (including phenoxy) is 4. The molecule has 7 nitrogen and oxygen atoms in total. The predicted octanol–water partition coefficient (Wildman–Crippen LogP) is 5.45. The highest BCUT2D eigenvalue weighted by Gasteiger charge is 2.32. The number of aryl methyl sites for hydroxylation is 1. The Balaban J connectivity index is 1.43. The summed E-state index contributed by atoms with van der Waals surface area (Å²) in [5.41, 5.74) is 6.09. The monoisotopic (exact) mass is 544 g/mol. The molecule has 1 N–H and O–H groups in total. The van der Waals surface area contributed by atoms with E-state index >= 15 is 0 Å². The number of hydrogen-bond acceptors (Lipinski definition) is 6. The molecule has 40 heavy (non-hydrogen) atoms. The first kappa shape index (κ1) is 27.8. The molecule has 2 aliphatic rings. The van der Waals surface area contributed by atoms with Crippen molar-refractivity contribution in [2.24, 2.45) is 0 Å². The van der Waals surface area contributed by atoms with Gasteiger partial charge in [0.05, 0.1) is 40.5 Å². The second-order valence-corrected chi connectivity index (χ2v) is 10.5. The van der Waals surface area contributed by atoms with Gasteiger partial charge in [-0.15, -0.1) is 0 Å². The van der Waals surface area contributed by atoms with E-state index in [1.807, 2.05) is 12.1 Å². The quantitative estimate of drug-likeness (QED) is 0.346. The van der Waals surface area contributed by atoms with E-state index in [0.29, 0.717) is 31.1 Å². The Morgan fingerprint density at radius 3 is 2.42 bits per heavy atom. The minimum absolute atomic E-state index is 0.0154. The number of nitrogens with one attached hydrogen (secondary N) is 1. The zero-order chi connectivity index (χ0) is 28.1. The number of carbonyl (C=O) groups is 1. The Hall–Kier alpha value is -3.71. The van der Waals surface area contributed by atoms with E-state index in [-0.39, 0.29) is 18.0 Å². The fourth-order valence-corrected chi connectivity index (χ4v) is 6.04. The summed E-state index contributed by atoms with van der Waals surface area (Å²) in [6, 6.07) is 18.7. The Morgan fingerprint density at radius 1 is 0.875 bits per heavy atom. The topological polar surface area (TPSA) is 69.3 Å². The number of amides is 1. The smallest absolute Gasteiger partial charge is 0.234 e. The van der Waals surface area contributed by atoms with E-state index in [9.17, 15) is 4.79 Å². The minimum atomic E-state index is -0.0154. The maximum atomic E-state index is 13.4. The van der Waals surface area contributed by atoms with Crippen LogP contribution in [-0.4, -0.2) is 51.8 Å². The van der Waals surface area contributed by atoms with Crippen molar-refractivity contribution in [3.8, 4) is 23.0 Å². The van der Waals surface area contributed by atoms with Gasteiger partial charge in [-0.05, 0) is 84.2 Å². The van der Waals surface area contributed by atoms with Crippen molar-refractivity contribution in [1.29, 1.82) is 0 Å². The molecule has 0 fully saturated rings. The van der Waals surface area contributed by atoms with Gasteiger partial charge >= 0.3 is 0 Å². The number of rotatable bonds is 11. The maximum absolute atomic E-state index is 13.4. The molecule has 1 heterocycles. The van der Waals surface area contributed by atoms with Gasteiger partial charge in [0, 0.05) is 12.6 Å². The van der Waals surface area contributed by atoms with Crippen molar-refractivity contribution in [2.75, 3.05) is 41.0 Å². The van der Waals surface area contributed by atoms with Gasteiger partial charge in [0.15, 0.2) is 23.0 Å². The van der Waals surface area contributed by atoms with E-state index in [1.165, 1.54) is 22.3 Å². The Bertz CT molecular complexity index is 1340. The molecule has 2 unspecified atom stereocenters. The van der Waals surface area contributed by atoms with Gasteiger partial charge in [0.1, 0.15) is 0 Å². The van der Waals surface area contributed by atoms with Crippen LogP contribution in [0, 0.1) is 0 Å². The van der Waals surface area contributed by atoms with Crippen LogP contribution in [0.3, 0.4) is 0 Å². The largest absolute Gasteiger partial charge is 0.493 e. The number of hydrogen-bond donors (Lipinski definition) is 1. The first-order valence-electron chi connectivity index (χ1n) is 14.2. The minimum Gasteiger partial charge on any atom is -0.493 e. The zero-order valence-corrected chi connectivity index (χ0v) is 24.0. The Kier molecular flexibility index (Phi) is 8.80. The van der Waals surface area contributed by atoms with Crippen molar-refractivity contribution in [3.63, 3.8) is 0 Å². The van der Waals surface area contributed by atoms with E-state index in [2.05, 4.69) is 59.6 Å². The summed E-state index contributed by atoms with van der Waals surface area (Å²) in [5, 5.41) is 3.32. The number of benzene rings is 3. The number of methoxy groups -OCH3 is 3. The fourth-order valence-electron chi connectivity index (χ4n) is 6.04. The average molecular weight is 545 g/mol. The molecular formula is C33H40N2O5. The molecule has 0 bridgehead atoms. The normalized spacial score (nSPS) is 18.0. The van der Waals surface area contributed by atoms with Crippen LogP contribution >= 0.6 is 0 Å². The molecule has 0 saturated carbocycles. The van der Waals surface area contributed by atoms with Gasteiger partial charge in [-0.1, -0.05) is 37.3 Å². The molecule has 3 aromatic carbocycles. The average Bonchev–Trinajstić information content (AvgIpc) is 3.39. The van der Waals surface area contributed by atoms with E-state index in [4.69, 9.17) is 18.9 Å². The van der Waals surface area contributed by atoms with E-state index in [1.54, 1.807) is 21.3 Å². The molecule has 212 valence electrons. The van der Waals surface area contributed by atoms with Gasteiger partial charge in [-0.2, -0.15) is 0 Å². The third-order valence-corrected chi connectivity index (χ3v) is 8.05. The molecule has 0 radical (unpaired) electrons. The van der Waals surface area contributed by atoms with Crippen LogP contribution in [-0.2, 0) is 24.1 Å². The summed E-state index contributed by atoms with van der Waals surface area (Å²) in [5.74, 6) is 2.95. The van der Waals surface area contributed by atoms with Crippen LogP contribution in [0.25, 0.3) is 0 Å². The zero-order valence-electron chi connectivity index (χ0n) is 24.0. The van der Waals surface area contributed by atoms with Crippen molar-refractivity contribution in [3.05, 3.63) is 82.4 Å². The Labute approximate surface area is 237 Å². The van der Waals surface area contributed by atoms with E-state index in [0.717, 1.165) is 49.3 Å². The number of carbonyl (C=O) groups excluding carboxylic acids is 1. The summed E-state index contributed by atoms with van der Waals surface area (Å²) < 4.78 is 22.8. The fraction of sp³-hybridized carbons (Fsp3) is 0.424. The highest BCUT2D eigenvalue weighted by atomic mass is 16.5. The van der Waals surface area contributed by atoms with Crippen LogP contribution in [0.15, 0.2) is 54.6 Å². The van der Waals surface area contributed by atoms with Gasteiger partial charge in [0.2, 0.25) is 5.91 Å². The third-order valence-electron chi connectivity index (χ3n) is 8.05. The van der Waals surface area contributed by atoms with Crippen molar-refractivity contribution in [2.45, 2.75) is 51.1 Å². The van der Waals surface area contributed by atoms with Crippen molar-refractivity contribution in [1.82, 2.24) is 10.2 Å². The van der Waals surface area contributed by atoms with Gasteiger partial charge < -0.3 is 24.3 Å². The number of fused-ring (bicyclic) bond motifs is 2. The lowest BCUT2D eigenvalue weighted by Gasteiger charge is -2.38. The van der Waals surface area contributed by atoms with Crippen molar-refractivity contribution >= 4 is 5.91 Å². The first-order chi connectivity index (χ1) is 19.5. The van der Waals surface area contributed by atoms with Gasteiger partial charge in [0.25, 0.3) is 0 Å². The SMILES string of the molecule is CCCOc1cc2c(cc1OC)CCN(CC(=O)NC1CCc3ccccc31)C2Cc1ccc(OC)c(OC)c1. The summed E-state index contributed by atoms with van der Waals surface area (Å²) in [4.78, 5) is 15.7. The van der Waals surface area contributed by atoms with Crippen LogP contribution in [0.2, 0.25) is 0 Å². The molecule has 1 aliphatic carbocycles. The first-order valence-corrected chi connectivity index (χ1v) is 14.2. The standard InChI is InChI=1S/C33H40N2O5/c1-5-16-40-32-20-26-24(19-31(32)39-4)14-15-35(28(26)17-22-10-13-29(37-2)30(18-22)38-3)21-33(36)34-27-12-11-23-8-6-7-9-25(23)27/h6-10,13,18-20,27-28H,5,11-12,14-17,21H2,1-4H3,(H,34,36). The molecule has 0 aromatic heterocycles. The summed E-state index contributed by atoms with van der Waals surface area (Å²) in [6.07, 6.45) is 4.41. The molecule has 1 amide bonds. The third kappa shape index (κ3) is 5.89. The van der Waals surface area contributed by atoms with Crippen LogP contribution in [0.5, 0.6) is 23.0 Å². The second-order valence-electron chi connectivity index (χ2n) is 10.5. The molecule has 0 spiro atoms. The molecule has 7 heteroatoms. The van der Waals surface area contributed by atoms with Crippen LogP contribution in [0.1, 0.15) is 59.7 Å². The highest BCUT2D eigenvalue weighted by Crippen LogP contribution is 2.40. The summed E-state index contributed by atoms with van der Waals surface area (Å²) in [6.45, 7) is 3.81. The second kappa shape index (κ2) is 12.6. The maximum Gasteiger partial charge on any atom is 0.234 e. The van der Waals surface area contributed by atoms with Crippen molar-refractivity contribution < 1.29 is 23.7 Å². The highest BCUT2D eigenvalue weighted by molar-refractivity contribution is 5.79. The molecule has 0 saturated heterocycles. The molecule has 5 rings (SSSR count). The lowest BCUT2D eigenvalue weighted by atomic mass is 9.88. The van der Waals surface area contributed by atoms with Crippen LogP contribution < -0.4 is 24.3 Å². The van der Waals surface area contributed by atoms with E-state index < -0.39 is 0 Å². The summed E-state index contributed by atoms with van der Waals surface area (Å²) >= 11 is 0.